The Bertz CT molecular complexity index is 1500. The van der Waals surface area contributed by atoms with Gasteiger partial charge in [-0.25, -0.2) is 27.6 Å². The van der Waals surface area contributed by atoms with E-state index in [2.05, 4.69) is 20.5 Å². The molecule has 0 unspecified atom stereocenters. The van der Waals surface area contributed by atoms with Crippen molar-refractivity contribution in [3.05, 3.63) is 54.3 Å². The number of anilines is 2. The lowest BCUT2D eigenvalue weighted by Crippen LogP contribution is -2.48. The van der Waals surface area contributed by atoms with Crippen molar-refractivity contribution < 1.29 is 27.1 Å². The van der Waals surface area contributed by atoms with Crippen LogP contribution in [-0.2, 0) is 19.3 Å². The average molecular weight is 570 g/mol. The fourth-order valence-corrected chi connectivity index (χ4v) is 5.75. The van der Waals surface area contributed by atoms with E-state index in [0.717, 1.165) is 25.2 Å². The second-order valence-corrected chi connectivity index (χ2v) is 12.2. The highest BCUT2D eigenvalue weighted by molar-refractivity contribution is 7.90. The maximum Gasteiger partial charge on any atom is 0.319 e. The molecule has 2 aromatic carbocycles. The molecule has 1 aliphatic heterocycles. The van der Waals surface area contributed by atoms with Gasteiger partial charge in [-0.2, -0.15) is 0 Å². The summed E-state index contributed by atoms with van der Waals surface area (Å²) in [7, 11) is -2.00. The Kier molecular flexibility index (Phi) is 8.02. The number of nitrogens with zero attached hydrogens (tertiary/aromatic N) is 3. The normalized spacial score (nSPS) is 21.0. The lowest BCUT2D eigenvalue weighted by atomic mass is 9.89. The molecule has 2 fully saturated rings. The molecular formula is C28H32FN5O5S. The van der Waals surface area contributed by atoms with Gasteiger partial charge in [-0.05, 0) is 62.2 Å². The molecule has 0 bridgehead atoms. The van der Waals surface area contributed by atoms with Crippen LogP contribution in [0.15, 0.2) is 53.4 Å². The molecule has 0 spiro atoms. The number of hydrogen-bond donors (Lipinski definition) is 2. The molecule has 2 aliphatic rings. The molecule has 2 heterocycles. The third-order valence-electron chi connectivity index (χ3n) is 7.16. The number of rotatable bonds is 7. The zero-order valence-electron chi connectivity index (χ0n) is 22.6. The Morgan fingerprint density at radius 3 is 2.55 bits per heavy atom. The maximum atomic E-state index is 14.3. The number of methoxy groups -OCH3 is 1. The monoisotopic (exact) mass is 569 g/mol. The van der Waals surface area contributed by atoms with Crippen molar-refractivity contribution in [1.29, 1.82) is 0 Å². The van der Waals surface area contributed by atoms with Crippen LogP contribution in [0.1, 0.15) is 19.8 Å². The van der Waals surface area contributed by atoms with E-state index in [1.54, 1.807) is 37.4 Å². The Balaban J connectivity index is 1.47. The van der Waals surface area contributed by atoms with Gasteiger partial charge in [-0.3, -0.25) is 0 Å². The first kappa shape index (κ1) is 27.9. The molecule has 1 aliphatic carbocycles. The van der Waals surface area contributed by atoms with Gasteiger partial charge in [0.15, 0.2) is 15.7 Å². The molecule has 0 radical (unpaired) electrons. The molecule has 3 aromatic rings. The van der Waals surface area contributed by atoms with Gasteiger partial charge in [-0.15, -0.1) is 0 Å². The zero-order valence-corrected chi connectivity index (χ0v) is 23.4. The van der Waals surface area contributed by atoms with E-state index in [-0.39, 0.29) is 40.4 Å². The summed E-state index contributed by atoms with van der Waals surface area (Å²) in [4.78, 5) is 23.9. The SMILES string of the molecule is COC1CC(NC(=O)Nc2ccc(-c3nc(-c4cc(F)ccc4S(C)(=O)=O)cc(N4CCOC[C@@H]4C)n3)cc2)C1. The molecule has 10 nitrogen and oxygen atoms in total. The maximum absolute atomic E-state index is 14.3. The Hall–Kier alpha value is -3.61. The van der Waals surface area contributed by atoms with Crippen molar-refractivity contribution >= 4 is 27.4 Å². The molecular weight excluding hydrogens is 537 g/mol. The van der Waals surface area contributed by atoms with Gasteiger partial charge in [0, 0.05) is 48.8 Å². The van der Waals surface area contributed by atoms with E-state index in [0.29, 0.717) is 42.7 Å². The molecule has 2 amide bonds. The zero-order chi connectivity index (χ0) is 28.4. The second kappa shape index (κ2) is 11.5. The van der Waals surface area contributed by atoms with Gasteiger partial charge >= 0.3 is 6.03 Å². The fraction of sp³-hybridized carbons (Fsp3) is 0.393. The summed E-state index contributed by atoms with van der Waals surface area (Å²) in [5.74, 6) is 0.346. The standard InChI is InChI=1S/C28H32FN5O5S/c1-17-16-39-11-10-34(17)26-15-24(23-12-19(29)6-9-25(23)40(3,36)37)32-27(33-26)18-4-7-20(8-5-18)30-28(35)31-21-13-22(14-21)38-2/h4-9,12,15,17,21-22H,10-11,13-14,16H2,1-3H3,(H2,30,31,35)/t17-,21?,22?/m0/s1. The lowest BCUT2D eigenvalue weighted by Gasteiger charge is -2.34. The number of hydrogen-bond acceptors (Lipinski definition) is 8. The third kappa shape index (κ3) is 6.24. The number of carbonyl (C=O) groups excluding carboxylic acids is 1. The minimum atomic E-state index is -3.67. The summed E-state index contributed by atoms with van der Waals surface area (Å²) in [6.45, 7) is 3.63. The first-order chi connectivity index (χ1) is 19.1. The number of morpholine rings is 1. The molecule has 12 heteroatoms. The van der Waals surface area contributed by atoms with Crippen LogP contribution >= 0.6 is 0 Å². The van der Waals surface area contributed by atoms with Gasteiger partial charge in [0.25, 0.3) is 0 Å². The van der Waals surface area contributed by atoms with Crippen molar-refractivity contribution in [3.8, 4) is 22.6 Å². The van der Waals surface area contributed by atoms with Gasteiger partial charge in [-0.1, -0.05) is 0 Å². The van der Waals surface area contributed by atoms with E-state index >= 15 is 0 Å². The predicted octanol–water partition coefficient (Wildman–Crippen LogP) is 3.88. The number of sulfone groups is 1. The van der Waals surface area contributed by atoms with Crippen LogP contribution < -0.4 is 15.5 Å². The lowest BCUT2D eigenvalue weighted by molar-refractivity contribution is 0.0210. The Morgan fingerprint density at radius 2 is 1.88 bits per heavy atom. The topological polar surface area (TPSA) is 123 Å². The van der Waals surface area contributed by atoms with E-state index in [4.69, 9.17) is 14.5 Å². The molecule has 1 atom stereocenters. The van der Waals surface area contributed by atoms with Crippen molar-refractivity contribution in [1.82, 2.24) is 15.3 Å². The first-order valence-electron chi connectivity index (χ1n) is 13.0. The van der Waals surface area contributed by atoms with Gasteiger partial charge in [0.2, 0.25) is 0 Å². The Labute approximate surface area is 232 Å². The van der Waals surface area contributed by atoms with Crippen LogP contribution in [0.5, 0.6) is 0 Å². The van der Waals surface area contributed by atoms with E-state index in [1.165, 1.54) is 12.1 Å². The quantitative estimate of drug-likeness (QED) is 0.411. The smallest absolute Gasteiger partial charge is 0.319 e. The number of halogens is 1. The fourth-order valence-electron chi connectivity index (χ4n) is 4.87. The van der Waals surface area contributed by atoms with E-state index < -0.39 is 15.7 Å². The minimum absolute atomic E-state index is 0.0196. The Morgan fingerprint density at radius 1 is 1.12 bits per heavy atom. The van der Waals surface area contributed by atoms with Crippen molar-refractivity contribution in [2.45, 2.75) is 42.8 Å². The first-order valence-corrected chi connectivity index (χ1v) is 14.9. The highest BCUT2D eigenvalue weighted by atomic mass is 32.2. The molecule has 40 heavy (non-hydrogen) atoms. The third-order valence-corrected chi connectivity index (χ3v) is 8.31. The highest BCUT2D eigenvalue weighted by Crippen LogP contribution is 2.32. The highest BCUT2D eigenvalue weighted by Gasteiger charge is 2.30. The minimum Gasteiger partial charge on any atom is -0.381 e. The number of urea groups is 1. The summed E-state index contributed by atoms with van der Waals surface area (Å²) in [5, 5.41) is 5.75. The predicted molar refractivity (Wildman–Crippen MR) is 150 cm³/mol. The van der Waals surface area contributed by atoms with E-state index in [9.17, 15) is 17.6 Å². The average Bonchev–Trinajstić information content (AvgIpc) is 2.90. The van der Waals surface area contributed by atoms with Gasteiger partial charge in [0.05, 0.1) is 35.9 Å². The van der Waals surface area contributed by atoms with Crippen molar-refractivity contribution in [2.24, 2.45) is 0 Å². The van der Waals surface area contributed by atoms with Gasteiger partial charge in [0.1, 0.15) is 11.6 Å². The van der Waals surface area contributed by atoms with Crippen LogP contribution in [0.25, 0.3) is 22.6 Å². The molecule has 1 saturated carbocycles. The van der Waals surface area contributed by atoms with Crippen molar-refractivity contribution in [3.63, 3.8) is 0 Å². The van der Waals surface area contributed by atoms with Crippen LogP contribution in [0.4, 0.5) is 20.7 Å². The number of aromatic nitrogens is 2. The summed E-state index contributed by atoms with van der Waals surface area (Å²) >= 11 is 0. The van der Waals surface area contributed by atoms with Gasteiger partial charge < -0.3 is 25.0 Å². The molecule has 1 aromatic heterocycles. The van der Waals surface area contributed by atoms with Crippen LogP contribution in [0.2, 0.25) is 0 Å². The van der Waals surface area contributed by atoms with Crippen LogP contribution in [0.3, 0.4) is 0 Å². The number of nitrogens with one attached hydrogen (secondary N) is 2. The molecule has 212 valence electrons. The van der Waals surface area contributed by atoms with Crippen LogP contribution in [-0.4, -0.2) is 75.7 Å². The number of benzene rings is 2. The van der Waals surface area contributed by atoms with Crippen molar-refractivity contribution in [2.75, 3.05) is 43.3 Å². The second-order valence-electron chi connectivity index (χ2n) is 10.2. The number of amides is 2. The summed E-state index contributed by atoms with van der Waals surface area (Å²) in [5.41, 5.74) is 1.69. The largest absolute Gasteiger partial charge is 0.381 e. The number of ether oxygens (including phenoxy) is 2. The molecule has 1 saturated heterocycles. The molecule has 5 rings (SSSR count). The van der Waals surface area contributed by atoms with E-state index in [1.807, 2.05) is 6.92 Å². The summed E-state index contributed by atoms with van der Waals surface area (Å²) in [6, 6.07) is 12.1. The summed E-state index contributed by atoms with van der Waals surface area (Å²) < 4.78 is 50.2. The summed E-state index contributed by atoms with van der Waals surface area (Å²) in [6.07, 6.45) is 2.84. The molecule has 2 N–H and O–H groups in total. The van der Waals surface area contributed by atoms with Crippen LogP contribution in [0, 0.1) is 5.82 Å². The number of carbonyl (C=O) groups is 1.